The van der Waals surface area contributed by atoms with Crippen LogP contribution in [0.1, 0.15) is 11.1 Å². The Morgan fingerprint density at radius 1 is 1.21 bits per heavy atom. The van der Waals surface area contributed by atoms with Crippen LogP contribution in [0.4, 0.5) is 0 Å². The lowest BCUT2D eigenvalue weighted by atomic mass is 10.0. The molecule has 0 aliphatic carbocycles. The van der Waals surface area contributed by atoms with Crippen LogP contribution in [-0.2, 0) is 6.42 Å². The van der Waals surface area contributed by atoms with E-state index in [1.165, 1.54) is 33.3 Å². The van der Waals surface area contributed by atoms with Crippen molar-refractivity contribution < 1.29 is 0 Å². The smallest absolute Gasteiger partial charge is 0.0506 e. The molecular weight excluding hydrogens is 252 g/mol. The van der Waals surface area contributed by atoms with Crippen molar-refractivity contribution in [3.8, 4) is 11.3 Å². The van der Waals surface area contributed by atoms with Gasteiger partial charge in [0.15, 0.2) is 0 Å². The van der Waals surface area contributed by atoms with Gasteiger partial charge in [0, 0.05) is 39.7 Å². The summed E-state index contributed by atoms with van der Waals surface area (Å²) in [5.74, 6) is 0. The van der Waals surface area contributed by atoms with Crippen molar-refractivity contribution in [3.63, 3.8) is 0 Å². The summed E-state index contributed by atoms with van der Waals surface area (Å²) in [6, 6.07) is 8.57. The SMILES string of the molecule is C=C1NCCc2c(-c3ccsc3)[nH]c3cccc1c23. The van der Waals surface area contributed by atoms with Gasteiger partial charge in [0.05, 0.1) is 5.69 Å². The standard InChI is InChI=1S/C16H14N2S/c1-10-12-3-2-4-14-15(12)13(5-7-17-10)16(18-14)11-6-8-19-9-11/h2-4,6,8-9,17-18H,1,5,7H2. The van der Waals surface area contributed by atoms with Crippen molar-refractivity contribution in [3.05, 3.63) is 52.7 Å². The lowest BCUT2D eigenvalue weighted by Crippen LogP contribution is -2.12. The molecule has 3 heterocycles. The van der Waals surface area contributed by atoms with Gasteiger partial charge in [-0.3, -0.25) is 0 Å². The van der Waals surface area contributed by atoms with E-state index in [9.17, 15) is 0 Å². The molecule has 0 radical (unpaired) electrons. The molecule has 0 atom stereocenters. The van der Waals surface area contributed by atoms with Gasteiger partial charge in [0.1, 0.15) is 0 Å². The Hall–Kier alpha value is -2.00. The minimum absolute atomic E-state index is 0.942. The van der Waals surface area contributed by atoms with E-state index in [2.05, 4.69) is 51.9 Å². The van der Waals surface area contributed by atoms with Gasteiger partial charge in [-0.25, -0.2) is 0 Å². The molecule has 0 saturated carbocycles. The molecule has 0 saturated heterocycles. The van der Waals surface area contributed by atoms with Crippen LogP contribution in [0.2, 0.25) is 0 Å². The van der Waals surface area contributed by atoms with Crippen LogP contribution >= 0.6 is 11.3 Å². The average Bonchev–Trinajstić information content (AvgIpc) is 3.01. The zero-order valence-electron chi connectivity index (χ0n) is 10.5. The number of hydrogen-bond donors (Lipinski definition) is 2. The molecule has 3 aromatic rings. The fourth-order valence-corrected chi connectivity index (χ4v) is 3.55. The van der Waals surface area contributed by atoms with Crippen LogP contribution in [-0.4, -0.2) is 11.5 Å². The zero-order chi connectivity index (χ0) is 12.8. The third-order valence-electron chi connectivity index (χ3n) is 3.78. The highest BCUT2D eigenvalue weighted by Crippen LogP contribution is 2.36. The molecule has 1 aromatic carbocycles. The van der Waals surface area contributed by atoms with E-state index in [4.69, 9.17) is 0 Å². The first-order valence-electron chi connectivity index (χ1n) is 6.44. The largest absolute Gasteiger partial charge is 0.385 e. The van der Waals surface area contributed by atoms with Gasteiger partial charge in [0.2, 0.25) is 0 Å². The molecule has 2 N–H and O–H groups in total. The van der Waals surface area contributed by atoms with Crippen molar-refractivity contribution in [1.82, 2.24) is 10.3 Å². The maximum atomic E-state index is 4.15. The molecule has 3 heteroatoms. The lowest BCUT2D eigenvalue weighted by Gasteiger charge is -2.06. The molecule has 0 amide bonds. The second-order valence-electron chi connectivity index (χ2n) is 4.87. The average molecular weight is 266 g/mol. The summed E-state index contributed by atoms with van der Waals surface area (Å²) in [5, 5.41) is 9.07. The summed E-state index contributed by atoms with van der Waals surface area (Å²) in [5.41, 5.74) is 7.42. The zero-order valence-corrected chi connectivity index (χ0v) is 11.3. The maximum absolute atomic E-state index is 4.15. The second-order valence-corrected chi connectivity index (χ2v) is 5.65. The number of rotatable bonds is 1. The predicted octanol–water partition coefficient (Wildman–Crippen LogP) is 4.01. The van der Waals surface area contributed by atoms with E-state index in [1.807, 2.05) is 0 Å². The van der Waals surface area contributed by atoms with E-state index in [0.717, 1.165) is 18.7 Å². The predicted molar refractivity (Wildman–Crippen MR) is 82.4 cm³/mol. The molecule has 0 spiro atoms. The highest BCUT2D eigenvalue weighted by molar-refractivity contribution is 7.08. The van der Waals surface area contributed by atoms with Gasteiger partial charge in [-0.2, -0.15) is 11.3 Å². The summed E-state index contributed by atoms with van der Waals surface area (Å²) in [4.78, 5) is 3.58. The van der Waals surface area contributed by atoms with Gasteiger partial charge < -0.3 is 10.3 Å². The van der Waals surface area contributed by atoms with E-state index in [0.29, 0.717) is 0 Å². The minimum atomic E-state index is 0.942. The van der Waals surface area contributed by atoms with Gasteiger partial charge in [0.25, 0.3) is 0 Å². The van der Waals surface area contributed by atoms with E-state index >= 15 is 0 Å². The fraction of sp³-hybridized carbons (Fsp3) is 0.125. The summed E-state index contributed by atoms with van der Waals surface area (Å²) < 4.78 is 0. The lowest BCUT2D eigenvalue weighted by molar-refractivity contribution is 0.863. The Labute approximate surface area is 115 Å². The third kappa shape index (κ3) is 1.55. The number of benzene rings is 1. The van der Waals surface area contributed by atoms with Crippen LogP contribution in [0.5, 0.6) is 0 Å². The van der Waals surface area contributed by atoms with Crippen LogP contribution in [0, 0.1) is 0 Å². The normalized spacial score (nSPS) is 14.4. The Morgan fingerprint density at radius 3 is 3.00 bits per heavy atom. The molecule has 4 rings (SSSR count). The van der Waals surface area contributed by atoms with Gasteiger partial charge >= 0.3 is 0 Å². The van der Waals surface area contributed by atoms with Crippen molar-refractivity contribution in [2.24, 2.45) is 0 Å². The van der Waals surface area contributed by atoms with Crippen LogP contribution in [0.15, 0.2) is 41.6 Å². The first-order chi connectivity index (χ1) is 9.34. The minimum Gasteiger partial charge on any atom is -0.385 e. The van der Waals surface area contributed by atoms with Crippen LogP contribution < -0.4 is 5.32 Å². The Balaban J connectivity index is 2.10. The Morgan fingerprint density at radius 2 is 2.16 bits per heavy atom. The molecular formula is C16H14N2S. The van der Waals surface area contributed by atoms with Crippen molar-refractivity contribution in [2.75, 3.05) is 6.54 Å². The van der Waals surface area contributed by atoms with Crippen molar-refractivity contribution >= 4 is 27.9 Å². The number of aromatic amines is 1. The summed E-state index contributed by atoms with van der Waals surface area (Å²) >= 11 is 1.74. The second kappa shape index (κ2) is 4.00. The molecule has 94 valence electrons. The third-order valence-corrected chi connectivity index (χ3v) is 4.46. The summed E-state index contributed by atoms with van der Waals surface area (Å²) in [6.45, 7) is 5.09. The molecule has 2 nitrogen and oxygen atoms in total. The number of hydrogen-bond acceptors (Lipinski definition) is 2. The van der Waals surface area contributed by atoms with Gasteiger partial charge in [-0.1, -0.05) is 18.7 Å². The summed E-state index contributed by atoms with van der Waals surface area (Å²) in [6.07, 6.45) is 1.03. The molecule has 1 aliphatic heterocycles. The first kappa shape index (κ1) is 10.9. The van der Waals surface area contributed by atoms with Crippen LogP contribution in [0.3, 0.4) is 0 Å². The Kier molecular flexibility index (Phi) is 2.29. The maximum Gasteiger partial charge on any atom is 0.0506 e. The number of aromatic nitrogens is 1. The van der Waals surface area contributed by atoms with Crippen LogP contribution in [0.25, 0.3) is 27.9 Å². The van der Waals surface area contributed by atoms with Crippen molar-refractivity contribution in [1.29, 1.82) is 0 Å². The molecule has 2 aromatic heterocycles. The number of thiophene rings is 1. The number of nitrogens with one attached hydrogen (secondary N) is 2. The quantitative estimate of drug-likeness (QED) is 0.684. The highest BCUT2D eigenvalue weighted by atomic mass is 32.1. The summed E-state index contributed by atoms with van der Waals surface area (Å²) in [7, 11) is 0. The molecule has 0 fully saturated rings. The van der Waals surface area contributed by atoms with Crippen molar-refractivity contribution in [2.45, 2.75) is 6.42 Å². The molecule has 19 heavy (non-hydrogen) atoms. The first-order valence-corrected chi connectivity index (χ1v) is 7.38. The number of H-pyrrole nitrogens is 1. The van der Waals surface area contributed by atoms with Gasteiger partial charge in [-0.15, -0.1) is 0 Å². The monoisotopic (exact) mass is 266 g/mol. The molecule has 0 bridgehead atoms. The Bertz CT molecular complexity index is 766. The van der Waals surface area contributed by atoms with E-state index in [1.54, 1.807) is 11.3 Å². The highest BCUT2D eigenvalue weighted by Gasteiger charge is 2.19. The van der Waals surface area contributed by atoms with E-state index in [-0.39, 0.29) is 0 Å². The molecule has 0 unspecified atom stereocenters. The van der Waals surface area contributed by atoms with E-state index < -0.39 is 0 Å². The fourth-order valence-electron chi connectivity index (χ4n) is 2.90. The molecule has 1 aliphatic rings. The topological polar surface area (TPSA) is 27.8 Å². The van der Waals surface area contributed by atoms with Gasteiger partial charge in [-0.05, 0) is 29.5 Å².